The van der Waals surface area contributed by atoms with Crippen LogP contribution in [0.15, 0.2) is 27.1 Å². The summed E-state index contributed by atoms with van der Waals surface area (Å²) in [5.41, 5.74) is 0. The number of hydrogen-bond acceptors (Lipinski definition) is 8. The number of halogens is 10. The van der Waals surface area contributed by atoms with Crippen molar-refractivity contribution in [2.24, 2.45) is 27.1 Å². The molecule has 30 heavy (non-hydrogen) atoms. The summed E-state index contributed by atoms with van der Waals surface area (Å²) in [4.78, 5) is 0. The second-order valence-electron chi connectivity index (χ2n) is 5.61. The van der Waals surface area contributed by atoms with E-state index < -0.39 is 59.0 Å². The maximum atomic E-state index is 14.9. The molecule has 2 unspecified atom stereocenters. The molecule has 0 amide bonds. The average Bonchev–Trinajstić information content (AvgIpc) is 2.24. The molecule has 0 aliphatic carbocycles. The molecule has 24 heteroatoms. The van der Waals surface area contributed by atoms with E-state index in [9.17, 15) is 42.0 Å². The average molecular weight is 578 g/mol. The fourth-order valence-electron chi connectivity index (χ4n) is 1.52. The third kappa shape index (κ3) is 10.0. The van der Waals surface area contributed by atoms with Gasteiger partial charge >= 0.3 is 46.8 Å². The molecule has 1 heterocycles. The van der Waals surface area contributed by atoms with E-state index in [1.807, 2.05) is 9.03 Å². The van der Waals surface area contributed by atoms with Crippen LogP contribution < -0.4 is 0 Å². The van der Waals surface area contributed by atoms with E-state index >= 15 is 0 Å². The van der Waals surface area contributed by atoms with Gasteiger partial charge in [-0.05, 0) is 27.7 Å². The summed E-state index contributed by atoms with van der Waals surface area (Å²) >= 11 is 0. The fourth-order valence-corrected chi connectivity index (χ4v) is 12.4. The molecule has 0 spiro atoms. The third-order valence-electron chi connectivity index (χ3n) is 1.99. The van der Waals surface area contributed by atoms with E-state index in [0.29, 0.717) is 0 Å². The summed E-state index contributed by atoms with van der Waals surface area (Å²) in [5.74, 6) is 0. The van der Waals surface area contributed by atoms with Crippen LogP contribution in [0.1, 0.15) is 27.7 Å². The lowest BCUT2D eigenvalue weighted by Crippen LogP contribution is -1.99. The highest BCUT2D eigenvalue weighted by molar-refractivity contribution is 7.78. The van der Waals surface area contributed by atoms with Gasteiger partial charge in [-0.3, -0.25) is 0 Å². The summed E-state index contributed by atoms with van der Waals surface area (Å²) in [6, 6.07) is 0. The molecule has 0 fully saturated rings. The van der Waals surface area contributed by atoms with Gasteiger partial charge in [-0.15, -0.1) is 60.7 Å². The first-order valence-electron chi connectivity index (χ1n) is 7.24. The predicted molar refractivity (Wildman–Crippen MR) is 99.6 cm³/mol. The highest BCUT2D eigenvalue weighted by Crippen LogP contribution is 2.83. The summed E-state index contributed by atoms with van der Waals surface area (Å²) in [5, 5.41) is 0. The van der Waals surface area contributed by atoms with Gasteiger partial charge in [0.05, 0.1) is 12.2 Å². The highest BCUT2D eigenvalue weighted by atomic mass is 31.3. The fraction of sp³-hybridized carbons (Fsp3) is 1.00. The van der Waals surface area contributed by atoms with E-state index in [2.05, 4.69) is 13.6 Å². The maximum Gasteiger partial charge on any atom is 0.425 e. The first-order chi connectivity index (χ1) is 13.1. The second kappa shape index (κ2) is 9.46. The molecule has 1 rings (SSSR count). The minimum atomic E-state index is -6.99. The van der Waals surface area contributed by atoms with Crippen LogP contribution in [0.3, 0.4) is 0 Å². The van der Waals surface area contributed by atoms with Gasteiger partial charge in [-0.25, -0.2) is 0 Å². The van der Waals surface area contributed by atoms with Crippen molar-refractivity contribution in [1.82, 2.24) is 0 Å². The normalized spacial score (nSPS) is 32.8. The van der Waals surface area contributed by atoms with Crippen LogP contribution in [0.2, 0.25) is 0 Å². The number of nitrogens with zero attached hydrogens (tertiary/aromatic N) is 6. The molecule has 0 saturated heterocycles. The van der Waals surface area contributed by atoms with Crippen LogP contribution in [0.25, 0.3) is 0 Å². The van der Waals surface area contributed by atoms with E-state index in [1.54, 1.807) is 0 Å². The summed E-state index contributed by atoms with van der Waals surface area (Å²) in [6.07, 6.45) is -2.74. The molecule has 0 aromatic heterocycles. The van der Waals surface area contributed by atoms with Crippen molar-refractivity contribution in [1.29, 1.82) is 0 Å². The topological polar surface area (TPSA) is 92.6 Å². The monoisotopic (exact) mass is 578 g/mol. The van der Waals surface area contributed by atoms with Crippen molar-refractivity contribution >= 4 is 46.8 Å². The van der Waals surface area contributed by atoms with Gasteiger partial charge in [0.25, 0.3) is 0 Å². The van der Waals surface area contributed by atoms with Crippen molar-refractivity contribution < 1.29 is 51.0 Å². The van der Waals surface area contributed by atoms with E-state index in [1.165, 1.54) is 13.5 Å². The zero-order valence-electron chi connectivity index (χ0n) is 15.1. The molecule has 180 valence electrons. The van der Waals surface area contributed by atoms with Gasteiger partial charge in [0.2, 0.25) is 0 Å². The Morgan fingerprint density at radius 2 is 0.700 bits per heavy atom. The van der Waals surface area contributed by atoms with Crippen LogP contribution in [0, 0.1) is 0 Å². The van der Waals surface area contributed by atoms with Crippen molar-refractivity contribution in [2.45, 2.75) is 39.9 Å². The third-order valence-corrected chi connectivity index (χ3v) is 13.8. The zero-order valence-corrected chi connectivity index (χ0v) is 20.5. The quantitative estimate of drug-likeness (QED) is 0.245. The summed E-state index contributed by atoms with van der Waals surface area (Å²) in [6.45, 7) is 4.09. The van der Waals surface area contributed by atoms with Gasteiger partial charge in [0.1, 0.15) is 0 Å². The predicted octanol–water partition coefficient (Wildman–Crippen LogP) is 12.2. The maximum absolute atomic E-state index is 14.9. The Labute approximate surface area is 165 Å². The van der Waals surface area contributed by atoms with E-state index in [0.717, 1.165) is 27.7 Å². The van der Waals surface area contributed by atoms with Crippen LogP contribution in [-0.4, -0.2) is 12.2 Å². The summed E-state index contributed by atoms with van der Waals surface area (Å²) in [7, 11) is -39.7. The standard InChI is InChI=1S/C6H14F10N6O2P6/c1-5(2)23-29(15)20-27(11,12)18-25(7,8)17-26(9,10)19-28(13,14)21-30(16,22-29)24-6(3)4/h5-6H,1-4H3. The lowest BCUT2D eigenvalue weighted by Gasteiger charge is -2.20. The van der Waals surface area contributed by atoms with Gasteiger partial charge in [-0.2, -0.15) is 8.39 Å². The first-order valence-corrected chi connectivity index (χ1v) is 16.1. The van der Waals surface area contributed by atoms with Crippen molar-refractivity contribution in [3.05, 3.63) is 0 Å². The Hall–Kier alpha value is 0.600. The number of rotatable bonds is 4. The molecule has 0 aromatic rings. The largest absolute Gasteiger partial charge is 0.425 e. The molecule has 0 radical (unpaired) electrons. The van der Waals surface area contributed by atoms with E-state index in [4.69, 9.17) is 0 Å². The molecule has 2 atom stereocenters. The molecular formula is C6H14F10N6O2P6. The van der Waals surface area contributed by atoms with Crippen molar-refractivity contribution in [3.63, 3.8) is 0 Å². The lowest BCUT2D eigenvalue weighted by atomic mass is 10.5. The SMILES string of the molecule is CC(C)OP1(F)=NP(F)(F)=NP(F)(F)=NP(F)(F)=NP(F)(F)=NP(F)(OC(C)C)=N1. The van der Waals surface area contributed by atoms with Crippen molar-refractivity contribution in [3.8, 4) is 0 Å². The smallest absolute Gasteiger partial charge is 0.300 e. The van der Waals surface area contributed by atoms with Gasteiger partial charge in [0.15, 0.2) is 0 Å². The Morgan fingerprint density at radius 3 is 1.03 bits per heavy atom. The zero-order chi connectivity index (χ0) is 23.8. The van der Waals surface area contributed by atoms with Crippen LogP contribution in [0.5, 0.6) is 0 Å². The van der Waals surface area contributed by atoms with Crippen LogP contribution in [0.4, 0.5) is 42.0 Å². The minimum absolute atomic E-state index is 1.02. The van der Waals surface area contributed by atoms with Gasteiger partial charge < -0.3 is 9.05 Å². The molecule has 0 saturated carbocycles. The molecular weight excluding hydrogens is 564 g/mol. The van der Waals surface area contributed by atoms with Gasteiger partial charge in [-0.1, -0.05) is 0 Å². The van der Waals surface area contributed by atoms with Crippen LogP contribution >= 0.6 is 46.8 Å². The van der Waals surface area contributed by atoms with Crippen LogP contribution in [-0.2, 0) is 9.05 Å². The number of hydrogen-bond donors (Lipinski definition) is 0. The molecule has 0 bridgehead atoms. The van der Waals surface area contributed by atoms with Gasteiger partial charge in [0, 0.05) is 0 Å². The Morgan fingerprint density at radius 1 is 0.433 bits per heavy atom. The minimum Gasteiger partial charge on any atom is -0.300 e. The molecule has 1 aliphatic heterocycles. The Balaban J connectivity index is 4.23. The molecule has 8 nitrogen and oxygen atoms in total. The highest BCUT2D eigenvalue weighted by Gasteiger charge is 2.41. The van der Waals surface area contributed by atoms with Crippen molar-refractivity contribution in [2.75, 3.05) is 0 Å². The lowest BCUT2D eigenvalue weighted by molar-refractivity contribution is 0.242. The Bertz CT molecular complexity index is 976. The summed E-state index contributed by atoms with van der Waals surface area (Å²) < 4.78 is 159. The molecule has 0 aromatic carbocycles. The first kappa shape index (κ1) is 28.6. The molecule has 1 aliphatic rings. The second-order valence-corrected chi connectivity index (χ2v) is 15.9. The Kier molecular flexibility index (Phi) is 9.03. The molecule has 0 N–H and O–H groups in total. The van der Waals surface area contributed by atoms with E-state index in [-0.39, 0.29) is 0 Å².